The Morgan fingerprint density at radius 1 is 1.55 bits per heavy atom. The van der Waals surface area contributed by atoms with E-state index in [-0.39, 0.29) is 5.69 Å². The molecule has 4 heteroatoms. The van der Waals surface area contributed by atoms with Gasteiger partial charge in [0.2, 0.25) is 0 Å². The van der Waals surface area contributed by atoms with Crippen molar-refractivity contribution in [2.75, 3.05) is 0 Å². The minimum absolute atomic E-state index is 0.0518. The SMILES string of the molecule is [14N]#Cc1cccc([N+](=O)[O-])c1. The molecule has 0 aliphatic heterocycles. The van der Waals surface area contributed by atoms with E-state index in [4.69, 9.17) is 5.26 Å². The van der Waals surface area contributed by atoms with Crippen LogP contribution in [0.1, 0.15) is 5.56 Å². The number of non-ortho nitro benzene ring substituents is 1. The van der Waals surface area contributed by atoms with Crippen molar-refractivity contribution in [3.8, 4) is 6.07 Å². The van der Waals surface area contributed by atoms with Gasteiger partial charge in [-0.1, -0.05) is 6.07 Å². The maximum atomic E-state index is 10.2. The van der Waals surface area contributed by atoms with E-state index in [0.29, 0.717) is 5.56 Å². The van der Waals surface area contributed by atoms with Crippen LogP contribution in [0.2, 0.25) is 0 Å². The second kappa shape index (κ2) is 2.80. The molecule has 1 aromatic rings. The zero-order chi connectivity index (χ0) is 8.27. The molecule has 0 spiro atoms. The fourth-order valence-electron chi connectivity index (χ4n) is 0.689. The molecule has 0 saturated heterocycles. The van der Waals surface area contributed by atoms with Crippen LogP contribution in [0.4, 0.5) is 5.69 Å². The molecule has 0 N–H and O–H groups in total. The average Bonchev–Trinajstić information content (AvgIpc) is 2.05. The largest absolute Gasteiger partial charge is 0.270 e. The van der Waals surface area contributed by atoms with Crippen molar-refractivity contribution < 1.29 is 4.92 Å². The van der Waals surface area contributed by atoms with Gasteiger partial charge in [0.15, 0.2) is 0 Å². The van der Waals surface area contributed by atoms with E-state index in [1.807, 2.05) is 6.07 Å². The minimum Gasteiger partial charge on any atom is -0.258 e. The standard InChI is InChI=1S/C7H4N2O2/c8-5-6-2-1-3-7(4-6)9(10)11/h1-4H/i8+0. The van der Waals surface area contributed by atoms with Gasteiger partial charge in [0.25, 0.3) is 5.69 Å². The topological polar surface area (TPSA) is 66.9 Å². The monoisotopic (exact) mass is 148 g/mol. The predicted octanol–water partition coefficient (Wildman–Crippen LogP) is 1.47. The first-order chi connectivity index (χ1) is 5.24. The van der Waals surface area contributed by atoms with Crippen LogP contribution < -0.4 is 0 Å². The molecule has 1 aromatic carbocycles. The maximum absolute atomic E-state index is 10.2. The van der Waals surface area contributed by atoms with Gasteiger partial charge < -0.3 is 0 Å². The maximum Gasteiger partial charge on any atom is 0.270 e. The van der Waals surface area contributed by atoms with Crippen LogP contribution in [0.15, 0.2) is 24.3 Å². The van der Waals surface area contributed by atoms with Crippen molar-refractivity contribution in [2.45, 2.75) is 0 Å². The van der Waals surface area contributed by atoms with Gasteiger partial charge in [0.05, 0.1) is 16.6 Å². The highest BCUT2D eigenvalue weighted by Crippen LogP contribution is 2.11. The molecule has 0 unspecified atom stereocenters. The third-order valence-electron chi connectivity index (χ3n) is 1.19. The summed E-state index contributed by atoms with van der Waals surface area (Å²) in [7, 11) is 0. The number of nitrogens with zero attached hydrogens (tertiary/aromatic N) is 2. The molecule has 0 atom stereocenters. The molecular weight excluding hydrogens is 144 g/mol. The van der Waals surface area contributed by atoms with Crippen LogP contribution in [0, 0.1) is 21.4 Å². The number of nitro groups is 1. The fraction of sp³-hybridized carbons (Fsp3) is 0. The van der Waals surface area contributed by atoms with Crippen LogP contribution in [-0.2, 0) is 0 Å². The van der Waals surface area contributed by atoms with Crippen LogP contribution in [0.3, 0.4) is 0 Å². The number of nitro benzene ring substituents is 1. The molecule has 0 heterocycles. The molecule has 0 saturated carbocycles. The number of benzene rings is 1. The summed E-state index contributed by atoms with van der Waals surface area (Å²) < 4.78 is 0. The summed E-state index contributed by atoms with van der Waals surface area (Å²) in [6.07, 6.45) is 0. The van der Waals surface area contributed by atoms with E-state index >= 15 is 0 Å². The molecule has 54 valence electrons. The lowest BCUT2D eigenvalue weighted by atomic mass is 10.2. The van der Waals surface area contributed by atoms with Gasteiger partial charge in [-0.3, -0.25) is 10.1 Å². The minimum atomic E-state index is -0.527. The zero-order valence-corrected chi connectivity index (χ0v) is 5.52. The van der Waals surface area contributed by atoms with Crippen LogP contribution in [0.5, 0.6) is 0 Å². The van der Waals surface area contributed by atoms with Crippen LogP contribution in [0.25, 0.3) is 0 Å². The summed E-state index contributed by atoms with van der Waals surface area (Å²) >= 11 is 0. The van der Waals surface area contributed by atoms with Crippen molar-refractivity contribution in [3.05, 3.63) is 39.9 Å². The van der Waals surface area contributed by atoms with Gasteiger partial charge >= 0.3 is 0 Å². The van der Waals surface area contributed by atoms with E-state index in [1.54, 1.807) is 0 Å². The lowest BCUT2D eigenvalue weighted by Gasteiger charge is -1.89. The molecule has 4 nitrogen and oxygen atoms in total. The van der Waals surface area contributed by atoms with E-state index in [9.17, 15) is 10.1 Å². The molecule has 0 aliphatic rings. The van der Waals surface area contributed by atoms with Gasteiger partial charge in [-0.2, -0.15) is 5.26 Å². The highest BCUT2D eigenvalue weighted by molar-refractivity contribution is 5.40. The summed E-state index contributed by atoms with van der Waals surface area (Å²) in [5.41, 5.74) is 0.253. The highest BCUT2D eigenvalue weighted by atomic mass is 16.6. The molecule has 0 aliphatic carbocycles. The number of nitriles is 1. The summed E-state index contributed by atoms with van der Waals surface area (Å²) in [6.45, 7) is 0. The Labute approximate surface area is 62.8 Å². The number of rotatable bonds is 1. The Morgan fingerprint density at radius 2 is 2.27 bits per heavy atom. The molecular formula is C7H4N2O2. The fourth-order valence-corrected chi connectivity index (χ4v) is 0.689. The Kier molecular flexibility index (Phi) is 1.83. The quantitative estimate of drug-likeness (QED) is 0.447. The van der Waals surface area contributed by atoms with Crippen LogP contribution in [-0.4, -0.2) is 4.92 Å². The first kappa shape index (κ1) is 7.22. The first-order valence-corrected chi connectivity index (χ1v) is 2.88. The molecule has 0 fully saturated rings. The van der Waals surface area contributed by atoms with Crippen molar-refractivity contribution >= 4 is 5.69 Å². The lowest BCUT2D eigenvalue weighted by molar-refractivity contribution is -0.384. The molecule has 0 aromatic heterocycles. The Morgan fingerprint density at radius 3 is 2.82 bits per heavy atom. The molecule has 0 bridgehead atoms. The van der Waals surface area contributed by atoms with Crippen molar-refractivity contribution in [3.63, 3.8) is 0 Å². The van der Waals surface area contributed by atoms with Crippen LogP contribution >= 0.6 is 0 Å². The Balaban J connectivity index is 3.13. The van der Waals surface area contributed by atoms with Gasteiger partial charge in [-0.15, -0.1) is 0 Å². The van der Waals surface area contributed by atoms with Crippen molar-refractivity contribution in [2.24, 2.45) is 0 Å². The van der Waals surface area contributed by atoms with E-state index in [0.717, 1.165) is 0 Å². The summed E-state index contributed by atoms with van der Waals surface area (Å²) in [5, 5.41) is 18.5. The predicted molar refractivity (Wildman–Crippen MR) is 37.8 cm³/mol. The second-order valence-corrected chi connectivity index (χ2v) is 1.92. The highest BCUT2D eigenvalue weighted by Gasteiger charge is 2.03. The van der Waals surface area contributed by atoms with E-state index in [2.05, 4.69) is 0 Å². The Bertz CT molecular complexity index is 327. The normalized spacial score (nSPS) is 8.64. The van der Waals surface area contributed by atoms with E-state index < -0.39 is 4.92 Å². The summed E-state index contributed by atoms with van der Waals surface area (Å²) in [5.74, 6) is 0. The van der Waals surface area contributed by atoms with Crippen molar-refractivity contribution in [1.29, 1.82) is 5.26 Å². The molecule has 1 rings (SSSR count). The number of hydrogen-bond donors (Lipinski definition) is 0. The Hall–Kier alpha value is -1.89. The smallest absolute Gasteiger partial charge is 0.258 e. The lowest BCUT2D eigenvalue weighted by Crippen LogP contribution is -1.87. The van der Waals surface area contributed by atoms with Gasteiger partial charge in [-0.05, 0) is 6.07 Å². The van der Waals surface area contributed by atoms with E-state index in [1.165, 1.54) is 24.3 Å². The first-order valence-electron chi connectivity index (χ1n) is 2.88. The molecule has 0 radical (unpaired) electrons. The molecule has 0 amide bonds. The van der Waals surface area contributed by atoms with Gasteiger partial charge in [0, 0.05) is 12.1 Å². The summed E-state index contributed by atoms with van der Waals surface area (Å²) in [4.78, 5) is 9.64. The van der Waals surface area contributed by atoms with Gasteiger partial charge in [-0.25, -0.2) is 0 Å². The van der Waals surface area contributed by atoms with Gasteiger partial charge in [0.1, 0.15) is 0 Å². The van der Waals surface area contributed by atoms with Crippen molar-refractivity contribution in [1.82, 2.24) is 0 Å². The number of hydrogen-bond acceptors (Lipinski definition) is 3. The summed E-state index contributed by atoms with van der Waals surface area (Å²) in [6, 6.07) is 7.41. The molecule has 11 heavy (non-hydrogen) atoms. The zero-order valence-electron chi connectivity index (χ0n) is 5.52. The third kappa shape index (κ3) is 1.52. The second-order valence-electron chi connectivity index (χ2n) is 1.92. The third-order valence-corrected chi connectivity index (χ3v) is 1.19. The average molecular weight is 148 g/mol.